The second-order valence-electron chi connectivity index (χ2n) is 7.58. The molecule has 142 valence electrons. The number of carbonyl (C=O) groups is 2. The van der Waals surface area contributed by atoms with Crippen molar-refractivity contribution in [1.82, 2.24) is 15.0 Å². The number of carboxylic acid groups (broad SMARTS) is 1. The largest absolute Gasteiger partial charge is 0.481 e. The topological polar surface area (TPSA) is 96.5 Å². The third-order valence-corrected chi connectivity index (χ3v) is 5.75. The lowest BCUT2D eigenvalue weighted by Crippen LogP contribution is -2.49. The number of likely N-dealkylation sites (tertiary alicyclic amines) is 1. The van der Waals surface area contributed by atoms with E-state index in [-0.39, 0.29) is 12.5 Å². The number of rotatable bonds is 5. The van der Waals surface area contributed by atoms with Gasteiger partial charge < -0.3 is 14.5 Å². The van der Waals surface area contributed by atoms with Crippen LogP contribution in [0.3, 0.4) is 0 Å². The van der Waals surface area contributed by atoms with E-state index in [1.807, 2.05) is 19.1 Å². The van der Waals surface area contributed by atoms with Gasteiger partial charge in [0.25, 0.3) is 5.91 Å². The zero-order chi connectivity index (χ0) is 19.0. The predicted molar refractivity (Wildman–Crippen MR) is 97.2 cm³/mol. The molecule has 7 nitrogen and oxygen atoms in total. The molecule has 0 radical (unpaired) electrons. The van der Waals surface area contributed by atoms with Crippen LogP contribution < -0.4 is 0 Å². The van der Waals surface area contributed by atoms with Crippen molar-refractivity contribution in [2.75, 3.05) is 13.1 Å². The highest BCUT2D eigenvalue weighted by molar-refractivity contribution is 5.95. The van der Waals surface area contributed by atoms with Crippen molar-refractivity contribution in [3.8, 4) is 11.4 Å². The molecule has 1 amide bonds. The molecule has 0 spiro atoms. The van der Waals surface area contributed by atoms with Crippen LogP contribution in [0.15, 0.2) is 28.8 Å². The Morgan fingerprint density at radius 3 is 2.67 bits per heavy atom. The van der Waals surface area contributed by atoms with Crippen LogP contribution in [0, 0.1) is 5.41 Å². The minimum atomic E-state index is -0.836. The minimum Gasteiger partial charge on any atom is -0.481 e. The summed E-state index contributed by atoms with van der Waals surface area (Å²) in [5, 5.41) is 13.6. The molecule has 27 heavy (non-hydrogen) atoms. The molecule has 2 aromatic rings. The summed E-state index contributed by atoms with van der Waals surface area (Å²) >= 11 is 0. The van der Waals surface area contributed by atoms with E-state index in [0.29, 0.717) is 49.0 Å². The zero-order valence-corrected chi connectivity index (χ0v) is 15.4. The molecule has 1 aromatic heterocycles. The Hall–Kier alpha value is -2.70. The van der Waals surface area contributed by atoms with Gasteiger partial charge in [0.05, 0.1) is 5.41 Å². The van der Waals surface area contributed by atoms with E-state index in [2.05, 4.69) is 10.1 Å². The molecule has 1 saturated heterocycles. The summed E-state index contributed by atoms with van der Waals surface area (Å²) in [7, 11) is 0. The molecule has 1 unspecified atom stereocenters. The van der Waals surface area contributed by atoms with E-state index >= 15 is 0 Å². The van der Waals surface area contributed by atoms with Crippen molar-refractivity contribution in [3.63, 3.8) is 0 Å². The van der Waals surface area contributed by atoms with Crippen LogP contribution in [0.25, 0.3) is 11.4 Å². The Labute approximate surface area is 157 Å². The number of piperidine rings is 1. The van der Waals surface area contributed by atoms with E-state index in [1.165, 1.54) is 0 Å². The number of hydrogen-bond donors (Lipinski definition) is 1. The molecule has 0 bridgehead atoms. The van der Waals surface area contributed by atoms with E-state index in [0.717, 1.165) is 18.4 Å². The molecular formula is C20H23N3O4. The quantitative estimate of drug-likeness (QED) is 0.868. The van der Waals surface area contributed by atoms with Crippen LogP contribution in [-0.2, 0) is 4.79 Å². The van der Waals surface area contributed by atoms with Gasteiger partial charge in [0.1, 0.15) is 0 Å². The second kappa shape index (κ2) is 6.79. The fourth-order valence-corrected chi connectivity index (χ4v) is 3.71. The molecule has 2 fully saturated rings. The summed E-state index contributed by atoms with van der Waals surface area (Å²) in [6, 6.07) is 7.10. The minimum absolute atomic E-state index is 0.132. The number of nitrogens with zero attached hydrogens (tertiary/aromatic N) is 3. The van der Waals surface area contributed by atoms with Gasteiger partial charge in [0.2, 0.25) is 11.7 Å². The number of hydrogen-bond acceptors (Lipinski definition) is 5. The van der Waals surface area contributed by atoms with Gasteiger partial charge in [-0.15, -0.1) is 0 Å². The van der Waals surface area contributed by atoms with Gasteiger partial charge in [0, 0.05) is 30.1 Å². The van der Waals surface area contributed by atoms with Gasteiger partial charge in [-0.3, -0.25) is 9.59 Å². The number of aliphatic carboxylic acids is 1. The fraction of sp³-hybridized carbons (Fsp3) is 0.500. The van der Waals surface area contributed by atoms with Gasteiger partial charge >= 0.3 is 5.97 Å². The third-order valence-electron chi connectivity index (χ3n) is 5.75. The Morgan fingerprint density at radius 1 is 1.30 bits per heavy atom. The summed E-state index contributed by atoms with van der Waals surface area (Å²) in [6.45, 7) is 2.72. The number of carbonyl (C=O) groups excluding carboxylic acids is 1. The smallest absolute Gasteiger partial charge is 0.311 e. The van der Waals surface area contributed by atoms with Crippen LogP contribution in [0.5, 0.6) is 0 Å². The molecule has 1 N–H and O–H groups in total. The molecule has 1 aliphatic carbocycles. The van der Waals surface area contributed by atoms with E-state index in [1.54, 1.807) is 17.0 Å². The number of amides is 1. The zero-order valence-electron chi connectivity index (χ0n) is 15.4. The standard InChI is InChI=1S/C20H23N3O4/c1-2-20(19(25)26)10-3-11-23(12-20)18(24)15-8-4-13(5-9-15)16-21-17(27-22-16)14-6-7-14/h4-5,8-9,14H,2-3,6-7,10-12H2,1H3,(H,25,26). The van der Waals surface area contributed by atoms with Crippen molar-refractivity contribution in [1.29, 1.82) is 0 Å². The SMILES string of the molecule is CCC1(C(=O)O)CCCN(C(=O)c2ccc(-c3noc(C4CC4)n3)cc2)C1. The maximum Gasteiger partial charge on any atom is 0.311 e. The highest BCUT2D eigenvalue weighted by Crippen LogP contribution is 2.39. The summed E-state index contributed by atoms with van der Waals surface area (Å²) in [5.41, 5.74) is 0.508. The van der Waals surface area contributed by atoms with Crippen LogP contribution in [0.4, 0.5) is 0 Å². The Balaban J connectivity index is 1.49. The summed E-state index contributed by atoms with van der Waals surface area (Å²) in [4.78, 5) is 30.6. The first-order valence-corrected chi connectivity index (χ1v) is 9.49. The lowest BCUT2D eigenvalue weighted by molar-refractivity contribution is -0.152. The van der Waals surface area contributed by atoms with E-state index in [4.69, 9.17) is 4.52 Å². The van der Waals surface area contributed by atoms with Crippen LogP contribution in [0.1, 0.15) is 61.2 Å². The first kappa shape index (κ1) is 17.7. The normalized spacial score (nSPS) is 22.6. The molecule has 1 atom stereocenters. The first-order chi connectivity index (χ1) is 13.0. The predicted octanol–water partition coefficient (Wildman–Crippen LogP) is 3.33. The van der Waals surface area contributed by atoms with E-state index < -0.39 is 11.4 Å². The maximum atomic E-state index is 12.9. The van der Waals surface area contributed by atoms with Gasteiger partial charge in [-0.1, -0.05) is 24.2 Å². The van der Waals surface area contributed by atoms with Crippen LogP contribution >= 0.6 is 0 Å². The lowest BCUT2D eigenvalue weighted by Gasteiger charge is -2.39. The van der Waals surface area contributed by atoms with Gasteiger partial charge in [-0.25, -0.2) is 0 Å². The second-order valence-corrected chi connectivity index (χ2v) is 7.58. The maximum absolute atomic E-state index is 12.9. The van der Waals surface area contributed by atoms with Crippen molar-refractivity contribution < 1.29 is 19.2 Å². The number of aromatic nitrogens is 2. The van der Waals surface area contributed by atoms with Gasteiger partial charge in [0.15, 0.2) is 0 Å². The summed E-state index contributed by atoms with van der Waals surface area (Å²) < 4.78 is 5.28. The molecule has 4 rings (SSSR count). The first-order valence-electron chi connectivity index (χ1n) is 9.49. The summed E-state index contributed by atoms with van der Waals surface area (Å²) in [6.07, 6.45) is 4.03. The van der Waals surface area contributed by atoms with Crippen molar-refractivity contribution in [3.05, 3.63) is 35.7 Å². The van der Waals surface area contributed by atoms with Crippen LogP contribution in [0.2, 0.25) is 0 Å². The van der Waals surface area contributed by atoms with Crippen LogP contribution in [-0.4, -0.2) is 45.1 Å². The number of carboxylic acids is 1. The fourth-order valence-electron chi connectivity index (χ4n) is 3.71. The third kappa shape index (κ3) is 3.34. The van der Waals surface area contributed by atoms with Gasteiger partial charge in [-0.2, -0.15) is 4.98 Å². The molecule has 2 aliphatic rings. The molecule has 1 aromatic carbocycles. The number of benzene rings is 1. The van der Waals surface area contributed by atoms with Crippen molar-refractivity contribution in [2.45, 2.75) is 44.9 Å². The molecular weight excluding hydrogens is 346 g/mol. The highest BCUT2D eigenvalue weighted by Gasteiger charge is 2.42. The average Bonchev–Trinajstić information content (AvgIpc) is 3.44. The van der Waals surface area contributed by atoms with Gasteiger partial charge in [-0.05, 0) is 44.2 Å². The Bertz CT molecular complexity index is 856. The summed E-state index contributed by atoms with van der Waals surface area (Å²) in [5.74, 6) is 0.667. The average molecular weight is 369 g/mol. The van der Waals surface area contributed by atoms with E-state index in [9.17, 15) is 14.7 Å². The molecule has 7 heteroatoms. The Morgan fingerprint density at radius 2 is 2.04 bits per heavy atom. The lowest BCUT2D eigenvalue weighted by atomic mass is 9.77. The molecule has 1 saturated carbocycles. The van der Waals surface area contributed by atoms with Crippen molar-refractivity contribution >= 4 is 11.9 Å². The monoisotopic (exact) mass is 369 g/mol. The van der Waals surface area contributed by atoms with Crippen molar-refractivity contribution in [2.24, 2.45) is 5.41 Å². The Kier molecular flexibility index (Phi) is 4.45. The molecule has 1 aliphatic heterocycles. The molecule has 2 heterocycles. The highest BCUT2D eigenvalue weighted by atomic mass is 16.5.